The van der Waals surface area contributed by atoms with Crippen LogP contribution in [0.5, 0.6) is 0 Å². The molecule has 0 saturated heterocycles. The predicted octanol–water partition coefficient (Wildman–Crippen LogP) is 5.24. The first-order chi connectivity index (χ1) is 9.33. The van der Waals surface area contributed by atoms with Crippen molar-refractivity contribution in [3.8, 4) is 0 Å². The fourth-order valence-corrected chi connectivity index (χ4v) is 11.3. The molecule has 0 aromatic heterocycles. The third-order valence-corrected chi connectivity index (χ3v) is 15.5. The maximum absolute atomic E-state index is 5.18. The Kier molecular flexibility index (Phi) is 3.15. The van der Waals surface area contributed by atoms with Crippen LogP contribution in [0.15, 0.2) is 10.2 Å². The molecular weight excluding hydrogens is 372 g/mol. The van der Waals surface area contributed by atoms with Gasteiger partial charge in [-0.05, 0) is 0 Å². The van der Waals surface area contributed by atoms with Crippen molar-refractivity contribution in [2.24, 2.45) is 31.9 Å². The van der Waals surface area contributed by atoms with Gasteiger partial charge in [0.15, 0.2) is 0 Å². The summed E-state index contributed by atoms with van der Waals surface area (Å²) in [6, 6.07) is 0. The van der Waals surface area contributed by atoms with Crippen LogP contribution in [0, 0.1) is 21.7 Å². The molecule has 0 radical (unpaired) electrons. The fraction of sp³-hybridized carbons (Fsp3) is 1.00. The summed E-state index contributed by atoms with van der Waals surface area (Å²) in [5.41, 5.74) is 1.28. The molecule has 1 heterocycles. The third kappa shape index (κ3) is 1.72. The van der Waals surface area contributed by atoms with E-state index in [0.717, 1.165) is 0 Å². The van der Waals surface area contributed by atoms with Crippen molar-refractivity contribution in [1.29, 1.82) is 0 Å². The van der Waals surface area contributed by atoms with Gasteiger partial charge in [0.25, 0.3) is 0 Å². The van der Waals surface area contributed by atoms with Crippen LogP contribution in [-0.2, 0) is 0 Å². The van der Waals surface area contributed by atoms with Crippen molar-refractivity contribution in [2.75, 3.05) is 0 Å². The van der Waals surface area contributed by atoms with Gasteiger partial charge in [0.2, 0.25) is 0 Å². The number of hydrogen-bond acceptors (Lipinski definition) is 2. The Morgan fingerprint density at radius 1 is 0.524 bits per heavy atom. The molecule has 0 aromatic rings. The summed E-state index contributed by atoms with van der Waals surface area (Å²) >= 11 is -0.364. The van der Waals surface area contributed by atoms with Gasteiger partial charge < -0.3 is 0 Å². The SMILES string of the molecule is CC1(C)CCC(C)(C)C12N=NC1([Te]2)C(C)(C)CCC1(C)C. The molecule has 2 nitrogen and oxygen atoms in total. The molecule has 0 N–H and O–H groups in total. The summed E-state index contributed by atoms with van der Waals surface area (Å²) in [6.45, 7) is 19.7. The molecule has 2 saturated carbocycles. The summed E-state index contributed by atoms with van der Waals surface area (Å²) in [5, 5.41) is 10.4. The average molecular weight is 404 g/mol. The van der Waals surface area contributed by atoms with Gasteiger partial charge in [-0.3, -0.25) is 0 Å². The van der Waals surface area contributed by atoms with Crippen LogP contribution >= 0.6 is 0 Å². The van der Waals surface area contributed by atoms with E-state index in [4.69, 9.17) is 10.2 Å². The van der Waals surface area contributed by atoms with E-state index in [9.17, 15) is 0 Å². The van der Waals surface area contributed by atoms with Gasteiger partial charge >= 0.3 is 141 Å². The van der Waals surface area contributed by atoms with Crippen LogP contribution in [0.3, 0.4) is 0 Å². The van der Waals surface area contributed by atoms with E-state index in [-0.39, 0.29) is 28.1 Å². The van der Waals surface area contributed by atoms with Gasteiger partial charge in [0.05, 0.1) is 0 Å². The molecular formula is C18H32N2Te. The third-order valence-electron chi connectivity index (χ3n) is 7.05. The zero-order valence-corrected chi connectivity index (χ0v) is 17.5. The van der Waals surface area contributed by atoms with Crippen LogP contribution in [-0.4, -0.2) is 28.1 Å². The zero-order chi connectivity index (χ0) is 15.9. The molecule has 21 heavy (non-hydrogen) atoms. The van der Waals surface area contributed by atoms with Gasteiger partial charge in [0, 0.05) is 0 Å². The van der Waals surface area contributed by atoms with Crippen LogP contribution in [0.25, 0.3) is 0 Å². The summed E-state index contributed by atoms with van der Waals surface area (Å²) in [5.74, 6) is 0. The molecule has 0 atom stereocenters. The molecule has 2 spiro atoms. The zero-order valence-electron chi connectivity index (χ0n) is 15.1. The van der Waals surface area contributed by atoms with E-state index in [1.807, 2.05) is 0 Å². The molecule has 0 aromatic carbocycles. The monoisotopic (exact) mass is 406 g/mol. The summed E-state index contributed by atoms with van der Waals surface area (Å²) < 4.78 is 0.313. The molecule has 1 aliphatic heterocycles. The standard InChI is InChI=1S/C18H32N2Te/c1-13(2)9-10-14(3,4)17(13)19-20-18(21-17)15(5,6)11-12-16(18,7)8/h9-12H2,1-8H3. The Balaban J connectivity index is 2.12. The molecule has 0 unspecified atom stereocenters. The maximum atomic E-state index is 5.18. The van der Waals surface area contributed by atoms with Crippen LogP contribution in [0.2, 0.25) is 0 Å². The van der Waals surface area contributed by atoms with Gasteiger partial charge in [-0.1, -0.05) is 0 Å². The summed E-state index contributed by atoms with van der Waals surface area (Å²) in [7, 11) is 0. The van der Waals surface area contributed by atoms with Gasteiger partial charge in [-0.25, -0.2) is 0 Å². The number of hydrogen-bond donors (Lipinski definition) is 0. The minimum atomic E-state index is -0.364. The first-order valence-electron chi connectivity index (χ1n) is 8.47. The second-order valence-electron chi connectivity index (χ2n) is 10.1. The number of nitrogens with zero attached hydrogens (tertiary/aromatic N) is 2. The van der Waals surface area contributed by atoms with Gasteiger partial charge in [-0.2, -0.15) is 0 Å². The van der Waals surface area contributed by atoms with Gasteiger partial charge in [0.1, 0.15) is 0 Å². The minimum absolute atomic E-state index is 0.157. The number of azo groups is 1. The van der Waals surface area contributed by atoms with E-state index < -0.39 is 0 Å². The van der Waals surface area contributed by atoms with Crippen LogP contribution in [0.1, 0.15) is 81.1 Å². The van der Waals surface area contributed by atoms with E-state index in [2.05, 4.69) is 55.4 Å². The van der Waals surface area contributed by atoms with Crippen LogP contribution in [0.4, 0.5) is 0 Å². The van der Waals surface area contributed by atoms with Gasteiger partial charge in [-0.15, -0.1) is 0 Å². The summed E-state index contributed by atoms with van der Waals surface area (Å²) in [6.07, 6.45) is 5.23. The van der Waals surface area contributed by atoms with E-state index in [0.29, 0.717) is 21.7 Å². The topological polar surface area (TPSA) is 24.7 Å². The average Bonchev–Trinajstić information content (AvgIpc) is 2.90. The van der Waals surface area contributed by atoms with Crippen molar-refractivity contribution < 1.29 is 0 Å². The van der Waals surface area contributed by atoms with Crippen molar-refractivity contribution in [3.63, 3.8) is 0 Å². The number of rotatable bonds is 0. The molecule has 2 fully saturated rings. The predicted molar refractivity (Wildman–Crippen MR) is 89.7 cm³/mol. The Labute approximate surface area is 141 Å². The summed E-state index contributed by atoms with van der Waals surface area (Å²) in [4.78, 5) is 0. The Morgan fingerprint density at radius 3 is 1.00 bits per heavy atom. The quantitative estimate of drug-likeness (QED) is 0.494. The molecule has 0 bridgehead atoms. The molecule has 2 aliphatic carbocycles. The Morgan fingerprint density at radius 2 is 0.762 bits per heavy atom. The Hall–Kier alpha value is 0.390. The van der Waals surface area contributed by atoms with Crippen molar-refractivity contribution in [3.05, 3.63) is 0 Å². The second-order valence-corrected chi connectivity index (χ2v) is 14.1. The normalized spacial score (nSPS) is 35.8. The van der Waals surface area contributed by atoms with Crippen molar-refractivity contribution in [1.82, 2.24) is 0 Å². The molecule has 3 aliphatic rings. The van der Waals surface area contributed by atoms with Crippen LogP contribution < -0.4 is 0 Å². The van der Waals surface area contributed by atoms with E-state index >= 15 is 0 Å². The van der Waals surface area contributed by atoms with E-state index in [1.165, 1.54) is 25.7 Å². The molecule has 120 valence electrons. The van der Waals surface area contributed by atoms with Crippen molar-refractivity contribution >= 4 is 20.9 Å². The first-order valence-corrected chi connectivity index (χ1v) is 10.8. The molecule has 3 rings (SSSR count). The first kappa shape index (κ1) is 16.3. The molecule has 0 amide bonds. The Bertz CT molecular complexity index is 423. The van der Waals surface area contributed by atoms with Crippen molar-refractivity contribution in [2.45, 2.75) is 88.2 Å². The molecule has 3 heteroatoms. The fourth-order valence-electron chi connectivity index (χ4n) is 5.25. The second kappa shape index (κ2) is 4.07. The van der Waals surface area contributed by atoms with E-state index in [1.54, 1.807) is 0 Å².